The number of hydrogen-bond acceptors (Lipinski definition) is 3. The van der Waals surface area contributed by atoms with Crippen molar-refractivity contribution in [2.45, 2.75) is 31.6 Å². The van der Waals surface area contributed by atoms with Crippen LogP contribution in [0, 0.1) is 5.82 Å². The molecule has 1 aromatic rings. The van der Waals surface area contributed by atoms with Crippen LogP contribution in [0.2, 0.25) is 0 Å². The van der Waals surface area contributed by atoms with E-state index < -0.39 is 0 Å². The largest absolute Gasteiger partial charge is 0.354 e. The molecule has 2 heterocycles. The maximum Gasteiger partial charge on any atom is 0.187 e. The Bertz CT molecular complexity index is 364. The Balaban J connectivity index is 2.20. The number of alkyl halides is 1. The van der Waals surface area contributed by atoms with Crippen LogP contribution in [0.5, 0.6) is 0 Å². The van der Waals surface area contributed by atoms with Crippen molar-refractivity contribution in [3.63, 3.8) is 0 Å². The normalized spacial score (nSPS) is 17.8. The Kier molecular flexibility index (Phi) is 3.59. The van der Waals surface area contributed by atoms with Gasteiger partial charge in [0.1, 0.15) is 6.33 Å². The second kappa shape index (κ2) is 4.95. The lowest BCUT2D eigenvalue weighted by Gasteiger charge is -2.30. The highest BCUT2D eigenvalue weighted by atomic mass is 35.5. The van der Waals surface area contributed by atoms with Gasteiger partial charge in [-0.1, -0.05) is 6.92 Å². The lowest BCUT2D eigenvalue weighted by Crippen LogP contribution is -2.35. The molecular formula is C11H15ClFN3. The van der Waals surface area contributed by atoms with Crippen molar-refractivity contribution in [2.24, 2.45) is 0 Å². The summed E-state index contributed by atoms with van der Waals surface area (Å²) in [6, 6.07) is 0. The molecule has 0 amide bonds. The van der Waals surface area contributed by atoms with Gasteiger partial charge in [-0.15, -0.1) is 11.6 Å². The minimum atomic E-state index is -0.280. The zero-order valence-electron chi connectivity index (χ0n) is 9.29. The van der Waals surface area contributed by atoms with E-state index in [1.54, 1.807) is 0 Å². The van der Waals surface area contributed by atoms with Crippen LogP contribution >= 0.6 is 11.6 Å². The average molecular weight is 244 g/mol. The zero-order chi connectivity index (χ0) is 11.5. The van der Waals surface area contributed by atoms with Crippen molar-refractivity contribution in [3.8, 4) is 0 Å². The number of rotatable bonds is 2. The van der Waals surface area contributed by atoms with Crippen LogP contribution in [0.1, 0.15) is 25.5 Å². The number of hydrogen-bond donors (Lipinski definition) is 0. The SMILES string of the molecule is CCc1ncnc(N2CCC(Cl)CC2)c1F. The van der Waals surface area contributed by atoms with Crippen LogP contribution in [-0.2, 0) is 6.42 Å². The molecule has 0 radical (unpaired) electrons. The molecule has 0 N–H and O–H groups in total. The van der Waals surface area contributed by atoms with Gasteiger partial charge in [0.05, 0.1) is 5.69 Å². The fourth-order valence-electron chi connectivity index (χ4n) is 1.92. The van der Waals surface area contributed by atoms with Crippen molar-refractivity contribution >= 4 is 17.4 Å². The lowest BCUT2D eigenvalue weighted by atomic mass is 10.1. The van der Waals surface area contributed by atoms with E-state index in [1.807, 2.05) is 11.8 Å². The predicted octanol–water partition coefficient (Wildman–Crippen LogP) is 2.39. The monoisotopic (exact) mass is 243 g/mol. The molecule has 1 fully saturated rings. The third-order valence-corrected chi connectivity index (χ3v) is 3.34. The third kappa shape index (κ3) is 2.26. The minimum Gasteiger partial charge on any atom is -0.354 e. The standard InChI is InChI=1S/C11H15ClFN3/c1-2-9-10(13)11(15-7-14-9)16-5-3-8(12)4-6-16/h7-8H,2-6H2,1H3. The highest BCUT2D eigenvalue weighted by Gasteiger charge is 2.22. The van der Waals surface area contributed by atoms with E-state index in [4.69, 9.17) is 11.6 Å². The smallest absolute Gasteiger partial charge is 0.187 e. The van der Waals surface area contributed by atoms with Gasteiger partial charge in [-0.25, -0.2) is 14.4 Å². The molecule has 88 valence electrons. The summed E-state index contributed by atoms with van der Waals surface area (Å²) in [4.78, 5) is 9.91. The molecule has 0 spiro atoms. The molecule has 5 heteroatoms. The van der Waals surface area contributed by atoms with Gasteiger partial charge in [0, 0.05) is 18.5 Å². The maximum absolute atomic E-state index is 14.0. The fraction of sp³-hybridized carbons (Fsp3) is 0.636. The molecule has 0 aliphatic carbocycles. The maximum atomic E-state index is 14.0. The molecule has 1 saturated heterocycles. The topological polar surface area (TPSA) is 29.0 Å². The average Bonchev–Trinajstić information content (AvgIpc) is 2.31. The lowest BCUT2D eigenvalue weighted by molar-refractivity contribution is 0.544. The Hall–Kier alpha value is -0.900. The summed E-state index contributed by atoms with van der Waals surface area (Å²) in [5, 5.41) is 0.215. The molecule has 1 aromatic heterocycles. The molecule has 0 atom stereocenters. The van der Waals surface area contributed by atoms with E-state index in [0.717, 1.165) is 25.9 Å². The molecule has 16 heavy (non-hydrogen) atoms. The summed E-state index contributed by atoms with van der Waals surface area (Å²) in [7, 11) is 0. The van der Waals surface area contributed by atoms with Crippen molar-refractivity contribution in [2.75, 3.05) is 18.0 Å². The first-order valence-corrected chi connectivity index (χ1v) is 6.04. The first kappa shape index (κ1) is 11.6. The third-order valence-electron chi connectivity index (χ3n) is 2.90. The van der Waals surface area contributed by atoms with Crippen LogP contribution < -0.4 is 4.90 Å². The van der Waals surface area contributed by atoms with E-state index in [-0.39, 0.29) is 11.2 Å². The summed E-state index contributed by atoms with van der Waals surface area (Å²) in [5.74, 6) is 0.147. The Morgan fingerprint density at radius 1 is 1.44 bits per heavy atom. The molecule has 0 saturated carbocycles. The molecule has 1 aliphatic rings. The number of aryl methyl sites for hydroxylation is 1. The van der Waals surface area contributed by atoms with Gasteiger partial charge in [0.25, 0.3) is 0 Å². The first-order chi connectivity index (χ1) is 7.72. The van der Waals surface area contributed by atoms with Crippen molar-refractivity contribution in [1.82, 2.24) is 9.97 Å². The first-order valence-electron chi connectivity index (χ1n) is 5.60. The minimum absolute atomic E-state index is 0.215. The highest BCUT2D eigenvalue weighted by molar-refractivity contribution is 6.20. The van der Waals surface area contributed by atoms with Gasteiger partial charge in [-0.3, -0.25) is 0 Å². The van der Waals surface area contributed by atoms with Gasteiger partial charge < -0.3 is 4.90 Å². The van der Waals surface area contributed by atoms with E-state index in [9.17, 15) is 4.39 Å². The molecule has 1 aliphatic heterocycles. The number of aromatic nitrogens is 2. The van der Waals surface area contributed by atoms with Gasteiger partial charge >= 0.3 is 0 Å². The van der Waals surface area contributed by atoms with Crippen molar-refractivity contribution in [3.05, 3.63) is 17.8 Å². The van der Waals surface area contributed by atoms with Crippen molar-refractivity contribution in [1.29, 1.82) is 0 Å². The van der Waals surface area contributed by atoms with Crippen LogP contribution in [-0.4, -0.2) is 28.4 Å². The van der Waals surface area contributed by atoms with Crippen LogP contribution in [0.25, 0.3) is 0 Å². The van der Waals surface area contributed by atoms with Gasteiger partial charge in [0.2, 0.25) is 0 Å². The molecule has 3 nitrogen and oxygen atoms in total. The van der Waals surface area contributed by atoms with Crippen LogP contribution in [0.15, 0.2) is 6.33 Å². The fourth-order valence-corrected chi connectivity index (χ4v) is 2.12. The molecule has 0 unspecified atom stereocenters. The zero-order valence-corrected chi connectivity index (χ0v) is 10.0. The highest BCUT2D eigenvalue weighted by Crippen LogP contribution is 2.23. The second-order valence-corrected chi connectivity index (χ2v) is 4.59. The van der Waals surface area contributed by atoms with Gasteiger partial charge in [-0.2, -0.15) is 0 Å². The molecule has 0 bridgehead atoms. The Morgan fingerprint density at radius 3 is 2.75 bits per heavy atom. The summed E-state index contributed by atoms with van der Waals surface area (Å²) < 4.78 is 14.0. The molecule has 0 aromatic carbocycles. The predicted molar refractivity (Wildman–Crippen MR) is 62.5 cm³/mol. The number of nitrogens with zero attached hydrogens (tertiary/aromatic N) is 3. The van der Waals surface area contributed by atoms with E-state index >= 15 is 0 Å². The quantitative estimate of drug-likeness (QED) is 0.747. The Labute approximate surface area is 99.6 Å². The van der Waals surface area contributed by atoms with Crippen LogP contribution in [0.4, 0.5) is 10.2 Å². The van der Waals surface area contributed by atoms with E-state index in [0.29, 0.717) is 17.9 Å². The summed E-state index contributed by atoms with van der Waals surface area (Å²) in [6.07, 6.45) is 3.79. The Morgan fingerprint density at radius 2 is 2.12 bits per heavy atom. The number of piperidine rings is 1. The molecule has 2 rings (SSSR count). The molecular weight excluding hydrogens is 229 g/mol. The summed E-state index contributed by atoms with van der Waals surface area (Å²) in [5.41, 5.74) is 0.484. The van der Waals surface area contributed by atoms with E-state index in [1.165, 1.54) is 6.33 Å². The van der Waals surface area contributed by atoms with Gasteiger partial charge in [0.15, 0.2) is 11.6 Å². The van der Waals surface area contributed by atoms with Gasteiger partial charge in [-0.05, 0) is 19.3 Å². The number of anilines is 1. The van der Waals surface area contributed by atoms with Crippen LogP contribution in [0.3, 0.4) is 0 Å². The second-order valence-electron chi connectivity index (χ2n) is 3.97. The summed E-state index contributed by atoms with van der Waals surface area (Å²) in [6.45, 7) is 3.43. The van der Waals surface area contributed by atoms with Crippen molar-refractivity contribution < 1.29 is 4.39 Å². The summed E-state index contributed by atoms with van der Waals surface area (Å²) >= 11 is 6.01. The number of halogens is 2. The van der Waals surface area contributed by atoms with E-state index in [2.05, 4.69) is 9.97 Å².